The second-order valence-electron chi connectivity index (χ2n) is 3.79. The third-order valence-electron chi connectivity index (χ3n) is 2.60. The minimum Gasteiger partial charge on any atom is -0.389 e. The first-order chi connectivity index (χ1) is 5.29. The van der Waals surface area contributed by atoms with Crippen molar-refractivity contribution in [2.24, 2.45) is 0 Å². The van der Waals surface area contributed by atoms with Gasteiger partial charge in [-0.3, -0.25) is 0 Å². The largest absolute Gasteiger partial charge is 0.389 e. The van der Waals surface area contributed by atoms with Crippen molar-refractivity contribution in [3.63, 3.8) is 0 Å². The van der Waals surface area contributed by atoms with Crippen molar-refractivity contribution in [2.45, 2.75) is 30.9 Å². The third kappa shape index (κ3) is 1.92. The molecule has 64 valence electrons. The summed E-state index contributed by atoms with van der Waals surface area (Å²) in [7, 11) is 0. The van der Waals surface area contributed by atoms with E-state index in [2.05, 4.69) is 10.6 Å². The Morgan fingerprint density at radius 1 is 1.55 bits per heavy atom. The molecule has 1 saturated heterocycles. The fraction of sp³-hybridized carbons (Fsp3) is 1.00. The lowest BCUT2D eigenvalue weighted by Crippen LogP contribution is -2.50. The van der Waals surface area contributed by atoms with Crippen molar-refractivity contribution in [1.29, 1.82) is 0 Å². The van der Waals surface area contributed by atoms with Gasteiger partial charge in [-0.1, -0.05) is 0 Å². The first kappa shape index (κ1) is 7.53. The molecule has 1 heterocycles. The van der Waals surface area contributed by atoms with Crippen LogP contribution in [0.2, 0.25) is 0 Å². The average molecular weight is 156 g/mol. The van der Waals surface area contributed by atoms with Crippen LogP contribution in [0.1, 0.15) is 19.3 Å². The Morgan fingerprint density at radius 3 is 2.73 bits per heavy atom. The van der Waals surface area contributed by atoms with Crippen molar-refractivity contribution in [1.82, 2.24) is 10.6 Å². The minimum absolute atomic E-state index is 0.330. The van der Waals surface area contributed by atoms with E-state index in [0.29, 0.717) is 6.04 Å². The number of hydrogen-bond donors (Lipinski definition) is 3. The summed E-state index contributed by atoms with van der Waals surface area (Å²) in [5, 5.41) is 16.0. The van der Waals surface area contributed by atoms with Crippen molar-refractivity contribution in [2.75, 3.05) is 19.6 Å². The van der Waals surface area contributed by atoms with Gasteiger partial charge in [-0.05, 0) is 25.8 Å². The lowest BCUT2D eigenvalue weighted by Gasteiger charge is -2.28. The molecule has 0 bridgehead atoms. The summed E-state index contributed by atoms with van der Waals surface area (Å²) in [5.74, 6) is 0. The summed E-state index contributed by atoms with van der Waals surface area (Å²) in [6.07, 6.45) is 3.25. The monoisotopic (exact) mass is 156 g/mol. The Morgan fingerprint density at radius 2 is 2.27 bits per heavy atom. The average Bonchev–Trinajstić information content (AvgIpc) is 2.57. The zero-order chi connectivity index (χ0) is 7.73. The molecular weight excluding hydrogens is 140 g/mol. The van der Waals surface area contributed by atoms with Crippen LogP contribution in [0.25, 0.3) is 0 Å². The molecular formula is C8H16N2O. The van der Waals surface area contributed by atoms with Crippen LogP contribution < -0.4 is 10.6 Å². The summed E-state index contributed by atoms with van der Waals surface area (Å²) < 4.78 is 0. The van der Waals surface area contributed by atoms with E-state index >= 15 is 0 Å². The van der Waals surface area contributed by atoms with Gasteiger partial charge in [-0.25, -0.2) is 0 Å². The van der Waals surface area contributed by atoms with Crippen molar-refractivity contribution in [3.05, 3.63) is 0 Å². The molecule has 0 amide bonds. The molecule has 0 radical (unpaired) electrons. The molecule has 1 atom stereocenters. The van der Waals surface area contributed by atoms with Gasteiger partial charge in [0.15, 0.2) is 0 Å². The molecule has 0 spiro atoms. The zero-order valence-electron chi connectivity index (χ0n) is 6.77. The number of nitrogens with one attached hydrogen (secondary N) is 2. The highest BCUT2D eigenvalue weighted by atomic mass is 16.3. The van der Waals surface area contributed by atoms with Gasteiger partial charge in [-0.2, -0.15) is 0 Å². The first-order valence-electron chi connectivity index (χ1n) is 4.45. The first-order valence-corrected chi connectivity index (χ1v) is 4.45. The highest BCUT2D eigenvalue weighted by Crippen LogP contribution is 2.33. The van der Waals surface area contributed by atoms with Crippen molar-refractivity contribution < 1.29 is 5.11 Å². The molecule has 0 aromatic rings. The summed E-state index contributed by atoms with van der Waals surface area (Å²) in [4.78, 5) is 0. The SMILES string of the molecule is OC1(CNCC2CCN2)CC1. The second-order valence-corrected chi connectivity index (χ2v) is 3.79. The van der Waals surface area contributed by atoms with E-state index < -0.39 is 0 Å². The Bertz CT molecular complexity index is 141. The smallest absolute Gasteiger partial charge is 0.0773 e. The minimum atomic E-state index is -0.330. The van der Waals surface area contributed by atoms with Gasteiger partial charge in [0.2, 0.25) is 0 Å². The molecule has 3 N–H and O–H groups in total. The summed E-state index contributed by atoms with van der Waals surface area (Å²) >= 11 is 0. The highest BCUT2D eigenvalue weighted by Gasteiger charge is 2.39. The fourth-order valence-corrected chi connectivity index (χ4v) is 1.32. The number of rotatable bonds is 4. The fourth-order valence-electron chi connectivity index (χ4n) is 1.32. The van der Waals surface area contributed by atoms with E-state index in [1.54, 1.807) is 0 Å². The van der Waals surface area contributed by atoms with Crippen molar-refractivity contribution in [3.8, 4) is 0 Å². The van der Waals surface area contributed by atoms with Crippen LogP contribution in [0, 0.1) is 0 Å². The molecule has 1 saturated carbocycles. The van der Waals surface area contributed by atoms with Crippen LogP contribution >= 0.6 is 0 Å². The van der Waals surface area contributed by atoms with Crippen LogP contribution in [0.3, 0.4) is 0 Å². The Hall–Kier alpha value is -0.120. The molecule has 1 unspecified atom stereocenters. The summed E-state index contributed by atoms with van der Waals surface area (Å²) in [6, 6.07) is 0.664. The maximum atomic E-state index is 9.45. The second kappa shape index (κ2) is 2.73. The molecule has 0 aromatic carbocycles. The van der Waals surface area contributed by atoms with Crippen LogP contribution in [-0.2, 0) is 0 Å². The van der Waals surface area contributed by atoms with Gasteiger partial charge in [0.25, 0.3) is 0 Å². The Balaban J connectivity index is 1.53. The van der Waals surface area contributed by atoms with Crippen molar-refractivity contribution >= 4 is 0 Å². The molecule has 3 nitrogen and oxygen atoms in total. The Kier molecular flexibility index (Phi) is 1.87. The predicted molar refractivity (Wildman–Crippen MR) is 43.5 cm³/mol. The van der Waals surface area contributed by atoms with E-state index in [9.17, 15) is 5.11 Å². The topological polar surface area (TPSA) is 44.3 Å². The van der Waals surface area contributed by atoms with E-state index in [1.165, 1.54) is 6.42 Å². The van der Waals surface area contributed by atoms with E-state index in [4.69, 9.17) is 0 Å². The molecule has 1 aliphatic carbocycles. The lowest BCUT2D eigenvalue weighted by molar-refractivity contribution is 0.145. The summed E-state index contributed by atoms with van der Waals surface area (Å²) in [5.41, 5.74) is -0.330. The van der Waals surface area contributed by atoms with Gasteiger partial charge in [0, 0.05) is 19.1 Å². The van der Waals surface area contributed by atoms with Gasteiger partial charge in [0.05, 0.1) is 5.60 Å². The summed E-state index contributed by atoms with van der Waals surface area (Å²) in [6.45, 7) is 2.96. The maximum absolute atomic E-state index is 9.45. The van der Waals surface area contributed by atoms with Crippen LogP contribution in [0.5, 0.6) is 0 Å². The molecule has 11 heavy (non-hydrogen) atoms. The van der Waals surface area contributed by atoms with E-state index in [1.807, 2.05) is 0 Å². The van der Waals surface area contributed by atoms with Crippen LogP contribution in [0.4, 0.5) is 0 Å². The highest BCUT2D eigenvalue weighted by molar-refractivity contribution is 4.95. The van der Waals surface area contributed by atoms with Gasteiger partial charge < -0.3 is 15.7 Å². The molecule has 2 aliphatic rings. The molecule has 1 aliphatic heterocycles. The number of aliphatic hydroxyl groups is 1. The number of hydrogen-bond acceptors (Lipinski definition) is 3. The van der Waals surface area contributed by atoms with Gasteiger partial charge in [0.1, 0.15) is 0 Å². The maximum Gasteiger partial charge on any atom is 0.0773 e. The zero-order valence-corrected chi connectivity index (χ0v) is 6.77. The third-order valence-corrected chi connectivity index (χ3v) is 2.60. The molecule has 3 heteroatoms. The molecule has 0 aromatic heterocycles. The van der Waals surface area contributed by atoms with E-state index in [0.717, 1.165) is 32.5 Å². The van der Waals surface area contributed by atoms with Gasteiger partial charge >= 0.3 is 0 Å². The predicted octanol–water partition coefficient (Wildman–Crippen LogP) is -0.537. The standard InChI is InChI=1S/C8H16N2O/c11-8(2-3-8)6-9-5-7-1-4-10-7/h7,9-11H,1-6H2. The molecule has 2 rings (SSSR count). The van der Waals surface area contributed by atoms with Gasteiger partial charge in [-0.15, -0.1) is 0 Å². The molecule has 2 fully saturated rings. The van der Waals surface area contributed by atoms with Crippen LogP contribution in [0.15, 0.2) is 0 Å². The lowest BCUT2D eigenvalue weighted by atomic mass is 10.1. The normalized spacial score (nSPS) is 33.0. The Labute approximate surface area is 67.2 Å². The van der Waals surface area contributed by atoms with E-state index in [-0.39, 0.29) is 5.60 Å². The quantitative estimate of drug-likeness (QED) is 0.512. The van der Waals surface area contributed by atoms with Crippen LogP contribution in [-0.4, -0.2) is 36.4 Å².